The summed E-state index contributed by atoms with van der Waals surface area (Å²) in [4.78, 5) is 4.28. The molecule has 1 aromatic heterocycles. The first-order chi connectivity index (χ1) is 8.63. The molecule has 0 radical (unpaired) electrons. The molecule has 0 aliphatic rings. The first-order valence-corrected chi connectivity index (χ1v) is 5.63. The Balaban J connectivity index is 2.19. The van der Waals surface area contributed by atoms with Crippen LogP contribution in [0.2, 0.25) is 5.02 Å². The first-order valence-electron chi connectivity index (χ1n) is 5.25. The van der Waals surface area contributed by atoms with E-state index in [4.69, 9.17) is 21.8 Å². The van der Waals surface area contributed by atoms with Gasteiger partial charge < -0.3 is 10.2 Å². The van der Waals surface area contributed by atoms with E-state index in [0.29, 0.717) is 33.3 Å². The highest BCUT2D eigenvalue weighted by Crippen LogP contribution is 2.31. The fourth-order valence-electron chi connectivity index (χ4n) is 1.73. The lowest BCUT2D eigenvalue weighted by Crippen LogP contribution is -1.83. The zero-order chi connectivity index (χ0) is 12.7. The molecule has 0 aliphatic carbocycles. The Hall–Kier alpha value is -2.07. The quantitative estimate of drug-likeness (QED) is 0.677. The van der Waals surface area contributed by atoms with Crippen LogP contribution in [0.15, 0.2) is 40.8 Å². The number of hydrogen-bond donors (Lipinski definition) is 1. The van der Waals surface area contributed by atoms with Crippen molar-refractivity contribution in [1.82, 2.24) is 4.98 Å². The standard InChI is InChI=1S/C13H8ClFN2O/c14-10-5-9(16)6-11-12(10)18-13(17-11)7-1-3-8(15)4-2-7/h1-6H,16H2. The maximum atomic E-state index is 12.8. The Morgan fingerprint density at radius 2 is 1.89 bits per heavy atom. The molecule has 2 aromatic carbocycles. The molecule has 0 unspecified atom stereocenters. The summed E-state index contributed by atoms with van der Waals surface area (Å²) in [6.07, 6.45) is 0. The molecule has 0 spiro atoms. The van der Waals surface area contributed by atoms with Gasteiger partial charge in [0.2, 0.25) is 5.89 Å². The van der Waals surface area contributed by atoms with Crippen LogP contribution in [0.25, 0.3) is 22.6 Å². The van der Waals surface area contributed by atoms with Crippen LogP contribution >= 0.6 is 11.6 Å². The third-order valence-electron chi connectivity index (χ3n) is 2.56. The van der Waals surface area contributed by atoms with Gasteiger partial charge in [-0.15, -0.1) is 0 Å². The fourth-order valence-corrected chi connectivity index (χ4v) is 1.99. The van der Waals surface area contributed by atoms with Crippen molar-refractivity contribution in [2.24, 2.45) is 0 Å². The minimum Gasteiger partial charge on any atom is -0.435 e. The van der Waals surface area contributed by atoms with E-state index in [9.17, 15) is 4.39 Å². The van der Waals surface area contributed by atoms with Gasteiger partial charge in [0.05, 0.1) is 5.02 Å². The van der Waals surface area contributed by atoms with Gasteiger partial charge in [0.1, 0.15) is 11.3 Å². The summed E-state index contributed by atoms with van der Waals surface area (Å²) in [5.74, 6) is 0.0784. The van der Waals surface area contributed by atoms with Gasteiger partial charge in [-0.1, -0.05) is 11.6 Å². The van der Waals surface area contributed by atoms with Crippen LogP contribution in [0.4, 0.5) is 10.1 Å². The molecule has 0 amide bonds. The van der Waals surface area contributed by atoms with E-state index in [-0.39, 0.29) is 5.82 Å². The number of aromatic nitrogens is 1. The Kier molecular flexibility index (Phi) is 2.45. The molecular weight excluding hydrogens is 255 g/mol. The number of nitrogens with zero attached hydrogens (tertiary/aromatic N) is 1. The van der Waals surface area contributed by atoms with Gasteiger partial charge >= 0.3 is 0 Å². The van der Waals surface area contributed by atoms with Gasteiger partial charge in [-0.3, -0.25) is 0 Å². The fraction of sp³-hybridized carbons (Fsp3) is 0. The van der Waals surface area contributed by atoms with Crippen molar-refractivity contribution in [2.75, 3.05) is 5.73 Å². The van der Waals surface area contributed by atoms with Crippen molar-refractivity contribution < 1.29 is 8.81 Å². The van der Waals surface area contributed by atoms with Gasteiger partial charge in [0.25, 0.3) is 0 Å². The van der Waals surface area contributed by atoms with Crippen molar-refractivity contribution in [3.05, 3.63) is 47.2 Å². The predicted octanol–water partition coefficient (Wildman–Crippen LogP) is 3.87. The summed E-state index contributed by atoms with van der Waals surface area (Å²) < 4.78 is 18.4. The Morgan fingerprint density at radius 1 is 1.17 bits per heavy atom. The molecule has 18 heavy (non-hydrogen) atoms. The number of nitrogens with two attached hydrogens (primary N) is 1. The number of halogens is 2. The minimum atomic E-state index is -0.308. The van der Waals surface area contributed by atoms with Gasteiger partial charge in [0, 0.05) is 11.3 Å². The highest BCUT2D eigenvalue weighted by Gasteiger charge is 2.11. The molecule has 1 heterocycles. The number of oxazole rings is 1. The van der Waals surface area contributed by atoms with Crippen molar-refractivity contribution in [2.45, 2.75) is 0 Å². The molecule has 3 nitrogen and oxygen atoms in total. The minimum absolute atomic E-state index is 0.308. The van der Waals surface area contributed by atoms with Gasteiger partial charge in [-0.25, -0.2) is 9.37 Å². The number of benzene rings is 2. The maximum absolute atomic E-state index is 12.8. The second-order valence-corrected chi connectivity index (χ2v) is 4.28. The molecule has 0 saturated carbocycles. The molecule has 0 fully saturated rings. The highest BCUT2D eigenvalue weighted by molar-refractivity contribution is 6.35. The van der Waals surface area contributed by atoms with Crippen LogP contribution in [0.1, 0.15) is 0 Å². The summed E-state index contributed by atoms with van der Waals surface area (Å²) in [6, 6.07) is 9.16. The van der Waals surface area contributed by atoms with Crippen molar-refractivity contribution in [3.63, 3.8) is 0 Å². The molecule has 5 heteroatoms. The molecule has 3 rings (SSSR count). The molecule has 90 valence electrons. The van der Waals surface area contributed by atoms with E-state index < -0.39 is 0 Å². The average molecular weight is 263 g/mol. The number of hydrogen-bond acceptors (Lipinski definition) is 3. The monoisotopic (exact) mass is 262 g/mol. The highest BCUT2D eigenvalue weighted by atomic mass is 35.5. The average Bonchev–Trinajstić information content (AvgIpc) is 2.74. The SMILES string of the molecule is Nc1cc(Cl)c2oc(-c3ccc(F)cc3)nc2c1. The molecule has 2 N–H and O–H groups in total. The van der Waals surface area contributed by atoms with Crippen LogP contribution < -0.4 is 5.73 Å². The van der Waals surface area contributed by atoms with E-state index in [1.807, 2.05) is 0 Å². The predicted molar refractivity (Wildman–Crippen MR) is 68.8 cm³/mol. The lowest BCUT2D eigenvalue weighted by atomic mass is 10.2. The molecule has 0 aliphatic heterocycles. The van der Waals surface area contributed by atoms with Gasteiger partial charge in [-0.2, -0.15) is 0 Å². The van der Waals surface area contributed by atoms with Crippen LogP contribution in [0.3, 0.4) is 0 Å². The second-order valence-electron chi connectivity index (χ2n) is 3.88. The second kappa shape index (κ2) is 3.99. The molecule has 3 aromatic rings. The molecular formula is C13H8ClFN2O. The molecule has 0 saturated heterocycles. The first kappa shape index (κ1) is 11.0. The third-order valence-corrected chi connectivity index (χ3v) is 2.84. The van der Waals surface area contributed by atoms with E-state index in [1.54, 1.807) is 24.3 Å². The molecule has 0 bridgehead atoms. The van der Waals surface area contributed by atoms with Crippen molar-refractivity contribution in [3.8, 4) is 11.5 Å². The number of anilines is 1. The Bertz CT molecular complexity index is 722. The third kappa shape index (κ3) is 1.80. The maximum Gasteiger partial charge on any atom is 0.227 e. The number of fused-ring (bicyclic) bond motifs is 1. The van der Waals surface area contributed by atoms with Crippen molar-refractivity contribution >= 4 is 28.4 Å². The summed E-state index contributed by atoms with van der Waals surface area (Å²) in [5, 5.41) is 0.408. The van der Waals surface area contributed by atoms with E-state index in [1.165, 1.54) is 12.1 Å². The normalized spacial score (nSPS) is 11.0. The summed E-state index contributed by atoms with van der Waals surface area (Å²) in [5.41, 5.74) is 7.94. The Morgan fingerprint density at radius 3 is 2.61 bits per heavy atom. The van der Waals surface area contributed by atoms with Gasteiger partial charge in [-0.05, 0) is 36.4 Å². The van der Waals surface area contributed by atoms with E-state index in [0.717, 1.165) is 0 Å². The zero-order valence-electron chi connectivity index (χ0n) is 9.15. The Labute approximate surface area is 107 Å². The topological polar surface area (TPSA) is 52.0 Å². The lowest BCUT2D eigenvalue weighted by Gasteiger charge is -1.94. The lowest BCUT2D eigenvalue weighted by molar-refractivity contribution is 0.616. The van der Waals surface area contributed by atoms with Gasteiger partial charge in [0.15, 0.2) is 5.58 Å². The van der Waals surface area contributed by atoms with Crippen LogP contribution in [-0.2, 0) is 0 Å². The van der Waals surface area contributed by atoms with Crippen LogP contribution in [-0.4, -0.2) is 4.98 Å². The van der Waals surface area contributed by atoms with Crippen LogP contribution in [0.5, 0.6) is 0 Å². The van der Waals surface area contributed by atoms with E-state index >= 15 is 0 Å². The zero-order valence-corrected chi connectivity index (χ0v) is 9.91. The van der Waals surface area contributed by atoms with Crippen LogP contribution in [0, 0.1) is 5.82 Å². The number of rotatable bonds is 1. The molecule has 0 atom stereocenters. The summed E-state index contributed by atoms with van der Waals surface area (Å²) >= 11 is 6.01. The number of nitrogen functional groups attached to an aromatic ring is 1. The van der Waals surface area contributed by atoms with Crippen molar-refractivity contribution in [1.29, 1.82) is 0 Å². The summed E-state index contributed by atoms with van der Waals surface area (Å²) in [6.45, 7) is 0. The van der Waals surface area contributed by atoms with E-state index in [2.05, 4.69) is 4.98 Å². The summed E-state index contributed by atoms with van der Waals surface area (Å²) in [7, 11) is 0. The largest absolute Gasteiger partial charge is 0.435 e. The smallest absolute Gasteiger partial charge is 0.227 e.